The highest BCUT2D eigenvalue weighted by Crippen LogP contribution is 2.65. The summed E-state index contributed by atoms with van der Waals surface area (Å²) in [6.45, 7) is 2.13. The number of hydrogen-bond acceptors (Lipinski definition) is 7. The van der Waals surface area contributed by atoms with Crippen molar-refractivity contribution in [2.75, 3.05) is 49.1 Å². The maximum Gasteiger partial charge on any atom is 0.300 e. The van der Waals surface area contributed by atoms with E-state index in [1.165, 1.54) is 6.20 Å². The molecule has 1 amide bonds. The molecule has 3 aromatic heterocycles. The molecular formula is C22H20ClF3N6O2. The zero-order valence-electron chi connectivity index (χ0n) is 18.0. The van der Waals surface area contributed by atoms with Crippen molar-refractivity contribution in [1.82, 2.24) is 19.9 Å². The van der Waals surface area contributed by atoms with Crippen LogP contribution in [0.25, 0.3) is 11.2 Å². The molecule has 3 fully saturated rings. The highest BCUT2D eigenvalue weighted by molar-refractivity contribution is 6.29. The molecule has 1 spiro atoms. The van der Waals surface area contributed by atoms with E-state index in [1.807, 2.05) is 4.90 Å². The Morgan fingerprint density at radius 3 is 2.53 bits per heavy atom. The van der Waals surface area contributed by atoms with Gasteiger partial charge in [0.05, 0.1) is 11.0 Å². The molecule has 178 valence electrons. The lowest BCUT2D eigenvalue weighted by Crippen LogP contribution is -2.49. The van der Waals surface area contributed by atoms with E-state index in [0.717, 1.165) is 6.07 Å². The number of nitrogens with zero attached hydrogens (tertiary/aromatic N) is 6. The Bertz CT molecular complexity index is 1290. The lowest BCUT2D eigenvalue weighted by molar-refractivity contribution is 0.0710. The van der Waals surface area contributed by atoms with Crippen LogP contribution in [0.2, 0.25) is 5.15 Å². The third kappa shape index (κ3) is 3.44. The number of pyridine rings is 2. The van der Waals surface area contributed by atoms with Crippen molar-refractivity contribution in [3.63, 3.8) is 0 Å². The molecule has 1 saturated carbocycles. The Kier molecular flexibility index (Phi) is 4.71. The molecule has 0 radical (unpaired) electrons. The van der Waals surface area contributed by atoms with Crippen molar-refractivity contribution in [2.45, 2.75) is 18.8 Å². The Labute approximate surface area is 197 Å². The first-order valence-corrected chi connectivity index (χ1v) is 11.4. The van der Waals surface area contributed by atoms with Gasteiger partial charge >= 0.3 is 0 Å². The van der Waals surface area contributed by atoms with E-state index in [1.54, 1.807) is 21.9 Å². The molecule has 0 aromatic carbocycles. The second kappa shape index (κ2) is 7.46. The van der Waals surface area contributed by atoms with Gasteiger partial charge in [-0.05, 0) is 24.6 Å². The molecule has 1 unspecified atom stereocenters. The molecule has 0 bridgehead atoms. The highest BCUT2D eigenvalue weighted by Gasteiger charge is 2.72. The van der Waals surface area contributed by atoms with Gasteiger partial charge < -0.3 is 19.1 Å². The summed E-state index contributed by atoms with van der Waals surface area (Å²) in [7, 11) is 0. The first-order chi connectivity index (χ1) is 16.2. The van der Waals surface area contributed by atoms with Gasteiger partial charge in [0.1, 0.15) is 5.15 Å². The fourth-order valence-electron chi connectivity index (χ4n) is 4.86. The molecule has 1 aliphatic carbocycles. The van der Waals surface area contributed by atoms with Crippen LogP contribution in [0.4, 0.5) is 25.0 Å². The average Bonchev–Trinajstić information content (AvgIpc) is 3.17. The molecule has 3 aromatic rings. The summed E-state index contributed by atoms with van der Waals surface area (Å²) >= 11 is 5.90. The van der Waals surface area contributed by atoms with Gasteiger partial charge in [0.15, 0.2) is 17.2 Å². The number of fused-ring (bicyclic) bond motifs is 1. The minimum absolute atomic E-state index is 0.0191. The molecule has 8 nitrogen and oxygen atoms in total. The van der Waals surface area contributed by atoms with Crippen molar-refractivity contribution in [3.05, 3.63) is 40.9 Å². The van der Waals surface area contributed by atoms with Crippen LogP contribution in [0.5, 0.6) is 0 Å². The van der Waals surface area contributed by atoms with Gasteiger partial charge in [0.2, 0.25) is 5.65 Å². The smallest absolute Gasteiger partial charge is 0.300 e. The predicted molar refractivity (Wildman–Crippen MR) is 118 cm³/mol. The molecule has 3 aliphatic rings. The number of alkyl halides is 2. The lowest BCUT2D eigenvalue weighted by Gasteiger charge is -2.33. The average molecular weight is 493 g/mol. The molecular weight excluding hydrogens is 473 g/mol. The molecule has 6 rings (SSSR count). The van der Waals surface area contributed by atoms with E-state index in [-0.39, 0.29) is 30.3 Å². The Hall–Kier alpha value is -3.08. The van der Waals surface area contributed by atoms with Gasteiger partial charge in [-0.25, -0.2) is 23.1 Å². The summed E-state index contributed by atoms with van der Waals surface area (Å²) in [4.78, 5) is 30.6. The summed E-state index contributed by atoms with van der Waals surface area (Å²) < 4.78 is 47.8. The van der Waals surface area contributed by atoms with Crippen LogP contribution >= 0.6 is 11.6 Å². The topological polar surface area (TPSA) is 78.6 Å². The zero-order valence-corrected chi connectivity index (χ0v) is 18.7. The number of aromatic nitrogens is 3. The van der Waals surface area contributed by atoms with Crippen molar-refractivity contribution in [2.24, 2.45) is 5.41 Å². The molecule has 1 atom stereocenters. The third-order valence-electron chi connectivity index (χ3n) is 6.98. The summed E-state index contributed by atoms with van der Waals surface area (Å²) in [5, 5.41) is 0.323. The number of piperazine rings is 1. The van der Waals surface area contributed by atoms with E-state index in [0.29, 0.717) is 61.5 Å². The van der Waals surface area contributed by atoms with E-state index in [4.69, 9.17) is 16.0 Å². The van der Waals surface area contributed by atoms with Crippen molar-refractivity contribution in [3.8, 4) is 0 Å². The van der Waals surface area contributed by atoms with Crippen LogP contribution in [0.3, 0.4) is 0 Å². The number of hydrogen-bond donors (Lipinski definition) is 0. The summed E-state index contributed by atoms with van der Waals surface area (Å²) in [5.41, 5.74) is 0.0127. The first-order valence-electron chi connectivity index (χ1n) is 11.0. The summed E-state index contributed by atoms with van der Waals surface area (Å²) in [5.74, 6) is -3.68. The highest BCUT2D eigenvalue weighted by atomic mass is 35.5. The SMILES string of the molecule is O=C(c1cnc(N2CCC3(C2)CC3(F)F)c(F)c1)N1CCN(c2nc3nc(Cl)ccc3o2)CC1. The van der Waals surface area contributed by atoms with Gasteiger partial charge in [-0.15, -0.1) is 0 Å². The standard InChI is InChI=1S/C22H20ClF3N6O2/c23-16-2-1-15-17(28-16)29-20(34-15)31-7-5-30(6-8-31)19(33)13-9-14(24)18(27-10-13)32-4-3-21(12-32)11-22(21,25)26/h1-2,9-10H,3-8,11-12H2. The fourth-order valence-corrected chi connectivity index (χ4v) is 5.00. The fraction of sp³-hybridized carbons (Fsp3) is 0.455. The second-order valence-electron chi connectivity index (χ2n) is 9.09. The molecule has 2 saturated heterocycles. The normalized spacial score (nSPS) is 23.8. The van der Waals surface area contributed by atoms with E-state index < -0.39 is 17.2 Å². The molecule has 2 aliphatic heterocycles. The second-order valence-corrected chi connectivity index (χ2v) is 9.48. The lowest BCUT2D eigenvalue weighted by atomic mass is 10.1. The number of halogens is 4. The minimum atomic E-state index is -2.68. The van der Waals surface area contributed by atoms with Gasteiger partial charge in [0, 0.05) is 51.9 Å². The predicted octanol–water partition coefficient (Wildman–Crippen LogP) is 3.61. The molecule has 0 N–H and O–H groups in total. The van der Waals surface area contributed by atoms with Crippen LogP contribution in [0.15, 0.2) is 28.8 Å². The molecule has 5 heterocycles. The number of anilines is 2. The van der Waals surface area contributed by atoms with E-state index in [9.17, 15) is 18.0 Å². The van der Waals surface area contributed by atoms with Crippen molar-refractivity contribution < 1.29 is 22.4 Å². The Balaban J connectivity index is 1.11. The quantitative estimate of drug-likeness (QED) is 0.517. The Morgan fingerprint density at radius 2 is 1.85 bits per heavy atom. The molecule has 12 heteroatoms. The first kappa shape index (κ1) is 21.5. The summed E-state index contributed by atoms with van der Waals surface area (Å²) in [6, 6.07) is 4.86. The van der Waals surface area contributed by atoms with Crippen LogP contribution in [-0.4, -0.2) is 71.0 Å². The number of oxazole rings is 1. The van der Waals surface area contributed by atoms with Crippen LogP contribution in [0.1, 0.15) is 23.2 Å². The number of carbonyl (C=O) groups excluding carboxylic acids is 1. The van der Waals surface area contributed by atoms with Gasteiger partial charge in [-0.1, -0.05) is 11.6 Å². The maximum absolute atomic E-state index is 14.8. The van der Waals surface area contributed by atoms with E-state index in [2.05, 4.69) is 15.0 Å². The van der Waals surface area contributed by atoms with Crippen molar-refractivity contribution in [1.29, 1.82) is 0 Å². The van der Waals surface area contributed by atoms with E-state index >= 15 is 0 Å². The zero-order chi connectivity index (χ0) is 23.7. The van der Waals surface area contributed by atoms with Gasteiger partial charge in [0.25, 0.3) is 17.8 Å². The Morgan fingerprint density at radius 1 is 1.09 bits per heavy atom. The number of amides is 1. The van der Waals surface area contributed by atoms with Gasteiger partial charge in [-0.2, -0.15) is 4.98 Å². The van der Waals surface area contributed by atoms with Gasteiger partial charge in [-0.3, -0.25) is 4.79 Å². The number of rotatable bonds is 3. The van der Waals surface area contributed by atoms with Crippen LogP contribution in [0, 0.1) is 11.2 Å². The minimum Gasteiger partial charge on any atom is -0.422 e. The monoisotopic (exact) mass is 492 g/mol. The third-order valence-corrected chi connectivity index (χ3v) is 7.19. The maximum atomic E-state index is 14.8. The number of carbonyl (C=O) groups is 1. The van der Waals surface area contributed by atoms with Crippen molar-refractivity contribution >= 4 is 40.6 Å². The van der Waals surface area contributed by atoms with Crippen LogP contribution in [-0.2, 0) is 0 Å². The largest absolute Gasteiger partial charge is 0.422 e. The molecule has 34 heavy (non-hydrogen) atoms. The van der Waals surface area contributed by atoms with Crippen LogP contribution < -0.4 is 9.80 Å². The summed E-state index contributed by atoms with van der Waals surface area (Å²) in [6.07, 6.45) is 1.48.